The van der Waals surface area contributed by atoms with Crippen molar-refractivity contribution >= 4 is 17.6 Å². The number of piperidine rings is 1. The first kappa shape index (κ1) is 14.1. The van der Waals surface area contributed by atoms with Crippen LogP contribution in [0.3, 0.4) is 0 Å². The number of carbonyl (C=O) groups is 1. The Balaban J connectivity index is 1.86. The van der Waals surface area contributed by atoms with E-state index in [2.05, 4.69) is 22.2 Å². The van der Waals surface area contributed by atoms with Crippen LogP contribution in [0.15, 0.2) is 12.4 Å². The van der Waals surface area contributed by atoms with Crippen LogP contribution >= 0.6 is 11.6 Å². The molecule has 0 saturated carbocycles. The summed E-state index contributed by atoms with van der Waals surface area (Å²) in [6.07, 6.45) is 6.53. The molecule has 1 aliphatic rings. The molecule has 1 aliphatic heterocycles. The topological polar surface area (TPSA) is 58.1 Å². The third-order valence-corrected chi connectivity index (χ3v) is 3.83. The van der Waals surface area contributed by atoms with Crippen molar-refractivity contribution in [3.63, 3.8) is 0 Å². The molecule has 104 valence electrons. The second-order valence-electron chi connectivity index (χ2n) is 4.82. The number of rotatable bonds is 3. The van der Waals surface area contributed by atoms with Gasteiger partial charge in [-0.25, -0.2) is 9.78 Å². The van der Waals surface area contributed by atoms with Crippen LogP contribution in [0.1, 0.15) is 31.9 Å². The molecule has 1 aromatic rings. The molecule has 1 unspecified atom stereocenters. The predicted molar refractivity (Wildman–Crippen MR) is 73.9 cm³/mol. The summed E-state index contributed by atoms with van der Waals surface area (Å²) in [5.41, 5.74) is 0.599. The van der Waals surface area contributed by atoms with Crippen molar-refractivity contribution < 1.29 is 4.79 Å². The fourth-order valence-corrected chi connectivity index (χ4v) is 2.49. The lowest BCUT2D eigenvalue weighted by atomic mass is 9.96. The number of aromatic nitrogens is 2. The minimum atomic E-state index is -0.0418. The Morgan fingerprint density at radius 2 is 2.32 bits per heavy atom. The second-order valence-corrected chi connectivity index (χ2v) is 5.17. The lowest BCUT2D eigenvalue weighted by Gasteiger charge is -2.32. The highest BCUT2D eigenvalue weighted by Gasteiger charge is 2.22. The summed E-state index contributed by atoms with van der Waals surface area (Å²) in [5, 5.41) is 3.19. The first-order valence-corrected chi connectivity index (χ1v) is 7.06. The first-order chi connectivity index (χ1) is 9.20. The highest BCUT2D eigenvalue weighted by Crippen LogP contribution is 2.19. The van der Waals surface area contributed by atoms with E-state index >= 15 is 0 Å². The van der Waals surface area contributed by atoms with Crippen molar-refractivity contribution in [1.82, 2.24) is 20.2 Å². The van der Waals surface area contributed by atoms with Gasteiger partial charge < -0.3 is 10.2 Å². The van der Waals surface area contributed by atoms with Crippen LogP contribution in [0.25, 0.3) is 0 Å². The van der Waals surface area contributed by atoms with Crippen LogP contribution in [-0.2, 0) is 6.54 Å². The number of likely N-dealkylation sites (tertiary alicyclic amines) is 1. The van der Waals surface area contributed by atoms with E-state index in [0.717, 1.165) is 25.9 Å². The quantitative estimate of drug-likeness (QED) is 0.926. The van der Waals surface area contributed by atoms with Gasteiger partial charge in [-0.05, 0) is 18.8 Å². The number of hydrogen-bond donors (Lipinski definition) is 1. The average Bonchev–Trinajstić information content (AvgIpc) is 2.46. The molecule has 0 aliphatic carbocycles. The lowest BCUT2D eigenvalue weighted by Crippen LogP contribution is -2.45. The molecule has 1 fully saturated rings. The molecule has 2 amide bonds. The fourth-order valence-electron chi connectivity index (χ4n) is 2.32. The summed E-state index contributed by atoms with van der Waals surface area (Å²) in [4.78, 5) is 22.0. The van der Waals surface area contributed by atoms with Crippen molar-refractivity contribution in [3.8, 4) is 0 Å². The molecule has 1 saturated heterocycles. The highest BCUT2D eigenvalue weighted by atomic mass is 35.5. The Morgan fingerprint density at radius 3 is 3.05 bits per heavy atom. The Labute approximate surface area is 118 Å². The van der Waals surface area contributed by atoms with E-state index < -0.39 is 0 Å². The molecular formula is C13H19ClN4O. The third kappa shape index (κ3) is 3.80. The van der Waals surface area contributed by atoms with E-state index in [9.17, 15) is 4.79 Å². The van der Waals surface area contributed by atoms with E-state index in [4.69, 9.17) is 11.6 Å². The normalized spacial score (nSPS) is 19.3. The van der Waals surface area contributed by atoms with Gasteiger partial charge in [-0.2, -0.15) is 0 Å². The third-order valence-electron chi connectivity index (χ3n) is 3.51. The molecule has 1 atom stereocenters. The average molecular weight is 283 g/mol. The van der Waals surface area contributed by atoms with Gasteiger partial charge in [0, 0.05) is 25.5 Å². The maximum atomic E-state index is 12.1. The molecule has 2 heterocycles. The molecule has 1 N–H and O–H groups in total. The van der Waals surface area contributed by atoms with E-state index in [1.165, 1.54) is 12.6 Å². The van der Waals surface area contributed by atoms with Crippen LogP contribution in [0, 0.1) is 5.92 Å². The molecule has 0 aromatic carbocycles. The van der Waals surface area contributed by atoms with Crippen LogP contribution in [0.2, 0.25) is 5.15 Å². The minimum Gasteiger partial charge on any atom is -0.332 e. The Kier molecular flexibility index (Phi) is 4.96. The van der Waals surface area contributed by atoms with Gasteiger partial charge in [-0.1, -0.05) is 24.9 Å². The summed E-state index contributed by atoms with van der Waals surface area (Å²) >= 11 is 5.90. The van der Waals surface area contributed by atoms with Crippen LogP contribution < -0.4 is 5.32 Å². The van der Waals surface area contributed by atoms with Crippen LogP contribution in [-0.4, -0.2) is 34.0 Å². The highest BCUT2D eigenvalue weighted by molar-refractivity contribution is 6.29. The number of urea groups is 1. The van der Waals surface area contributed by atoms with Crippen molar-refractivity contribution in [1.29, 1.82) is 0 Å². The van der Waals surface area contributed by atoms with Crippen molar-refractivity contribution in [2.45, 2.75) is 32.7 Å². The van der Waals surface area contributed by atoms with Crippen molar-refractivity contribution in [2.75, 3.05) is 13.1 Å². The molecule has 0 radical (unpaired) electrons. The molecule has 5 nitrogen and oxygen atoms in total. The van der Waals surface area contributed by atoms with Crippen molar-refractivity contribution in [2.24, 2.45) is 5.92 Å². The number of carbonyl (C=O) groups excluding carboxylic acids is 1. The largest absolute Gasteiger partial charge is 0.332 e. The van der Waals surface area contributed by atoms with E-state index in [1.807, 2.05) is 4.90 Å². The molecular weight excluding hydrogens is 264 g/mol. The summed E-state index contributed by atoms with van der Waals surface area (Å²) < 4.78 is 0. The van der Waals surface area contributed by atoms with Crippen LogP contribution in [0.5, 0.6) is 0 Å². The van der Waals surface area contributed by atoms with Gasteiger partial charge >= 0.3 is 6.03 Å². The Morgan fingerprint density at radius 1 is 1.53 bits per heavy atom. The van der Waals surface area contributed by atoms with Gasteiger partial charge in [0.05, 0.1) is 12.2 Å². The van der Waals surface area contributed by atoms with Gasteiger partial charge in [0.1, 0.15) is 0 Å². The number of hydrogen-bond acceptors (Lipinski definition) is 3. The SMILES string of the molecule is CCC1CCCN(C(=O)NCc2nccnc2Cl)C1. The summed E-state index contributed by atoms with van der Waals surface area (Å²) in [6.45, 7) is 4.16. The first-order valence-electron chi connectivity index (χ1n) is 6.69. The predicted octanol–water partition coefficient (Wildman–Crippen LogP) is 2.46. The van der Waals surface area contributed by atoms with Gasteiger partial charge in [0.2, 0.25) is 0 Å². The van der Waals surface area contributed by atoms with Gasteiger partial charge in [0.25, 0.3) is 0 Å². The Bertz CT molecular complexity index is 440. The summed E-state index contributed by atoms with van der Waals surface area (Å²) in [7, 11) is 0. The van der Waals surface area contributed by atoms with Gasteiger partial charge in [0.15, 0.2) is 5.15 Å². The summed E-state index contributed by atoms with van der Waals surface area (Å²) in [5.74, 6) is 0.625. The minimum absolute atomic E-state index is 0.0418. The van der Waals surface area contributed by atoms with Crippen LogP contribution in [0.4, 0.5) is 4.79 Å². The second kappa shape index (κ2) is 6.70. The fraction of sp³-hybridized carbons (Fsp3) is 0.615. The van der Waals surface area contributed by atoms with E-state index in [-0.39, 0.29) is 6.03 Å². The van der Waals surface area contributed by atoms with E-state index in [1.54, 1.807) is 6.20 Å². The van der Waals surface area contributed by atoms with Crippen molar-refractivity contribution in [3.05, 3.63) is 23.2 Å². The zero-order valence-corrected chi connectivity index (χ0v) is 11.9. The molecule has 19 heavy (non-hydrogen) atoms. The standard InChI is InChI=1S/C13H19ClN4O/c1-2-10-4-3-7-18(9-10)13(19)17-8-11-12(14)16-6-5-15-11/h5-6,10H,2-4,7-9H2,1H3,(H,17,19). The number of nitrogens with one attached hydrogen (secondary N) is 1. The molecule has 1 aromatic heterocycles. The molecule has 2 rings (SSSR count). The zero-order valence-electron chi connectivity index (χ0n) is 11.1. The lowest BCUT2D eigenvalue weighted by molar-refractivity contribution is 0.163. The number of halogens is 1. The monoisotopic (exact) mass is 282 g/mol. The number of amides is 2. The van der Waals surface area contributed by atoms with Gasteiger partial charge in [-0.15, -0.1) is 0 Å². The van der Waals surface area contributed by atoms with Gasteiger partial charge in [-0.3, -0.25) is 4.98 Å². The summed E-state index contributed by atoms with van der Waals surface area (Å²) in [6, 6.07) is -0.0418. The van der Waals surface area contributed by atoms with E-state index in [0.29, 0.717) is 23.3 Å². The molecule has 0 bridgehead atoms. The molecule has 6 heteroatoms. The maximum Gasteiger partial charge on any atom is 0.317 e. The maximum absolute atomic E-state index is 12.1. The smallest absolute Gasteiger partial charge is 0.317 e. The molecule has 0 spiro atoms. The zero-order chi connectivity index (χ0) is 13.7. The number of nitrogens with zero attached hydrogens (tertiary/aromatic N) is 3. The Hall–Kier alpha value is -1.36.